The van der Waals surface area contributed by atoms with Gasteiger partial charge in [0.25, 0.3) is 5.91 Å². The van der Waals surface area contributed by atoms with Crippen LogP contribution in [-0.4, -0.2) is 45.4 Å². The minimum atomic E-state index is -3.70. The summed E-state index contributed by atoms with van der Waals surface area (Å²) in [5.74, 6) is -0.000270. The number of ether oxygens (including phenoxy) is 1. The number of carbonyl (C=O) groups is 1. The van der Waals surface area contributed by atoms with Crippen LogP contribution in [0.5, 0.6) is 5.75 Å². The van der Waals surface area contributed by atoms with Crippen molar-refractivity contribution in [2.24, 2.45) is 5.41 Å². The SMILES string of the molecule is COc1ccc(C(=O)NCCC(C)(C)C)cc1S(=O)(=O)N1CCCCCC1. The molecule has 1 aromatic carbocycles. The quantitative estimate of drug-likeness (QED) is 0.799. The van der Waals surface area contributed by atoms with Crippen molar-refractivity contribution < 1.29 is 17.9 Å². The maximum atomic E-state index is 13.2. The number of sulfonamides is 1. The molecular weight excluding hydrogens is 364 g/mol. The summed E-state index contributed by atoms with van der Waals surface area (Å²) >= 11 is 0. The average Bonchev–Trinajstić information content (AvgIpc) is 2.90. The van der Waals surface area contributed by atoms with Crippen LogP contribution in [0.1, 0.15) is 63.2 Å². The number of benzene rings is 1. The summed E-state index contributed by atoms with van der Waals surface area (Å²) in [4.78, 5) is 12.5. The van der Waals surface area contributed by atoms with Gasteiger partial charge in [0.15, 0.2) is 0 Å². The molecule has 6 nitrogen and oxygen atoms in total. The number of hydrogen-bond donors (Lipinski definition) is 1. The van der Waals surface area contributed by atoms with E-state index in [9.17, 15) is 13.2 Å². The molecule has 7 heteroatoms. The Labute approximate surface area is 163 Å². The van der Waals surface area contributed by atoms with Crippen LogP contribution < -0.4 is 10.1 Å². The number of hydrogen-bond acceptors (Lipinski definition) is 4. The smallest absolute Gasteiger partial charge is 0.251 e. The summed E-state index contributed by atoms with van der Waals surface area (Å²) in [6, 6.07) is 4.60. The van der Waals surface area contributed by atoms with E-state index in [1.165, 1.54) is 17.5 Å². The summed E-state index contributed by atoms with van der Waals surface area (Å²) in [6.07, 6.45) is 4.63. The summed E-state index contributed by atoms with van der Waals surface area (Å²) in [7, 11) is -2.26. The lowest BCUT2D eigenvalue weighted by Crippen LogP contribution is -2.32. The molecule has 1 amide bonds. The van der Waals surface area contributed by atoms with E-state index < -0.39 is 10.0 Å². The Hall–Kier alpha value is -1.60. The van der Waals surface area contributed by atoms with Crippen LogP contribution >= 0.6 is 0 Å². The molecule has 1 fully saturated rings. The molecule has 2 rings (SSSR count). The largest absolute Gasteiger partial charge is 0.495 e. The maximum Gasteiger partial charge on any atom is 0.251 e. The zero-order valence-corrected chi connectivity index (χ0v) is 17.7. The van der Waals surface area contributed by atoms with Gasteiger partial charge in [-0.3, -0.25) is 4.79 Å². The summed E-state index contributed by atoms with van der Waals surface area (Å²) < 4.78 is 33.1. The van der Waals surface area contributed by atoms with Crippen LogP contribution in [0.15, 0.2) is 23.1 Å². The number of nitrogens with one attached hydrogen (secondary N) is 1. The van der Waals surface area contributed by atoms with Crippen LogP contribution in [0, 0.1) is 5.41 Å². The molecule has 0 aliphatic carbocycles. The van der Waals surface area contributed by atoms with Gasteiger partial charge in [0.1, 0.15) is 10.6 Å². The number of methoxy groups -OCH3 is 1. The van der Waals surface area contributed by atoms with E-state index in [2.05, 4.69) is 26.1 Å². The molecule has 1 heterocycles. The number of nitrogens with zero attached hydrogens (tertiary/aromatic N) is 1. The molecule has 27 heavy (non-hydrogen) atoms. The summed E-state index contributed by atoms with van der Waals surface area (Å²) in [6.45, 7) is 7.89. The van der Waals surface area contributed by atoms with Gasteiger partial charge in [0.2, 0.25) is 10.0 Å². The molecular formula is C20H32N2O4S. The van der Waals surface area contributed by atoms with Gasteiger partial charge >= 0.3 is 0 Å². The monoisotopic (exact) mass is 396 g/mol. The van der Waals surface area contributed by atoms with Crippen LogP contribution in [0.3, 0.4) is 0 Å². The van der Waals surface area contributed by atoms with Gasteiger partial charge in [-0.25, -0.2) is 8.42 Å². The highest BCUT2D eigenvalue weighted by Crippen LogP contribution is 2.29. The van der Waals surface area contributed by atoms with Crippen molar-refractivity contribution in [3.05, 3.63) is 23.8 Å². The maximum absolute atomic E-state index is 13.2. The first-order valence-electron chi connectivity index (χ1n) is 9.61. The highest BCUT2D eigenvalue weighted by Gasteiger charge is 2.29. The molecule has 1 aliphatic rings. The minimum absolute atomic E-state index is 0.0652. The fourth-order valence-corrected chi connectivity index (χ4v) is 4.79. The molecule has 0 bridgehead atoms. The summed E-state index contributed by atoms with van der Waals surface area (Å²) in [5.41, 5.74) is 0.451. The van der Waals surface area contributed by atoms with Crippen molar-refractivity contribution in [1.82, 2.24) is 9.62 Å². The molecule has 0 spiro atoms. The van der Waals surface area contributed by atoms with Gasteiger partial charge < -0.3 is 10.1 Å². The van der Waals surface area contributed by atoms with Gasteiger partial charge in [-0.2, -0.15) is 4.31 Å². The number of amides is 1. The predicted octanol–water partition coefficient (Wildman–Crippen LogP) is 3.43. The molecule has 1 saturated heterocycles. The van der Waals surface area contributed by atoms with E-state index in [0.29, 0.717) is 25.2 Å². The Morgan fingerprint density at radius 2 is 1.78 bits per heavy atom. The van der Waals surface area contributed by atoms with Crippen LogP contribution in [0.4, 0.5) is 0 Å². The topological polar surface area (TPSA) is 75.7 Å². The third-order valence-corrected chi connectivity index (χ3v) is 6.69. The first-order chi connectivity index (χ1) is 12.6. The Morgan fingerprint density at radius 1 is 1.15 bits per heavy atom. The van der Waals surface area contributed by atoms with Crippen LogP contribution in [0.25, 0.3) is 0 Å². The molecule has 1 aromatic rings. The Morgan fingerprint density at radius 3 is 2.33 bits per heavy atom. The normalized spacial score (nSPS) is 16.6. The number of rotatable bonds is 6. The van der Waals surface area contributed by atoms with Gasteiger partial charge in [-0.05, 0) is 42.9 Å². The van der Waals surface area contributed by atoms with Crippen molar-refractivity contribution in [2.45, 2.75) is 57.8 Å². The first-order valence-corrected chi connectivity index (χ1v) is 11.1. The van der Waals surface area contributed by atoms with Gasteiger partial charge in [-0.15, -0.1) is 0 Å². The predicted molar refractivity (Wildman–Crippen MR) is 107 cm³/mol. The van der Waals surface area contributed by atoms with E-state index in [-0.39, 0.29) is 22.0 Å². The molecule has 0 radical (unpaired) electrons. The lowest BCUT2D eigenvalue weighted by Gasteiger charge is -2.22. The van der Waals surface area contributed by atoms with E-state index in [4.69, 9.17) is 4.74 Å². The van der Waals surface area contributed by atoms with Crippen molar-refractivity contribution >= 4 is 15.9 Å². The van der Waals surface area contributed by atoms with Gasteiger partial charge in [0, 0.05) is 25.2 Å². The van der Waals surface area contributed by atoms with E-state index in [0.717, 1.165) is 32.1 Å². The van der Waals surface area contributed by atoms with E-state index in [1.54, 1.807) is 12.1 Å². The molecule has 0 saturated carbocycles. The first kappa shape index (κ1) is 21.7. The third-order valence-electron chi connectivity index (χ3n) is 4.77. The highest BCUT2D eigenvalue weighted by molar-refractivity contribution is 7.89. The second kappa shape index (κ2) is 9.06. The lowest BCUT2D eigenvalue weighted by molar-refractivity contribution is 0.0949. The van der Waals surface area contributed by atoms with Crippen LogP contribution in [-0.2, 0) is 10.0 Å². The zero-order valence-electron chi connectivity index (χ0n) is 16.9. The molecule has 1 aliphatic heterocycles. The minimum Gasteiger partial charge on any atom is -0.495 e. The lowest BCUT2D eigenvalue weighted by atomic mass is 9.92. The van der Waals surface area contributed by atoms with Gasteiger partial charge in [-0.1, -0.05) is 33.6 Å². The fourth-order valence-electron chi connectivity index (χ4n) is 3.09. The second-order valence-corrected chi connectivity index (χ2v) is 10.2. The highest BCUT2D eigenvalue weighted by atomic mass is 32.2. The van der Waals surface area contributed by atoms with E-state index in [1.807, 2.05) is 0 Å². The fraction of sp³-hybridized carbons (Fsp3) is 0.650. The Bertz CT molecular complexity index is 746. The van der Waals surface area contributed by atoms with Crippen molar-refractivity contribution in [3.63, 3.8) is 0 Å². The molecule has 0 aromatic heterocycles. The molecule has 0 atom stereocenters. The van der Waals surface area contributed by atoms with Crippen molar-refractivity contribution in [2.75, 3.05) is 26.7 Å². The van der Waals surface area contributed by atoms with Crippen molar-refractivity contribution in [1.29, 1.82) is 0 Å². The Kier molecular flexibility index (Phi) is 7.28. The van der Waals surface area contributed by atoms with Gasteiger partial charge in [0.05, 0.1) is 7.11 Å². The zero-order chi connectivity index (χ0) is 20.1. The standard InChI is InChI=1S/C20H32N2O4S/c1-20(2,3)11-12-21-19(23)16-9-10-17(26-4)18(15-16)27(24,25)22-13-7-5-6-8-14-22/h9-10,15H,5-8,11-14H2,1-4H3,(H,21,23). The Balaban J connectivity index is 2.25. The summed E-state index contributed by atoms with van der Waals surface area (Å²) in [5, 5.41) is 2.87. The molecule has 1 N–H and O–H groups in total. The van der Waals surface area contributed by atoms with Crippen LogP contribution in [0.2, 0.25) is 0 Å². The molecule has 0 unspecified atom stereocenters. The number of carbonyl (C=O) groups excluding carboxylic acids is 1. The van der Waals surface area contributed by atoms with Crippen molar-refractivity contribution in [3.8, 4) is 5.75 Å². The second-order valence-electron chi connectivity index (χ2n) is 8.25. The average molecular weight is 397 g/mol. The third kappa shape index (κ3) is 5.94. The van der Waals surface area contributed by atoms with E-state index >= 15 is 0 Å². The molecule has 152 valence electrons.